The summed E-state index contributed by atoms with van der Waals surface area (Å²) in [5, 5.41) is 7.44. The summed E-state index contributed by atoms with van der Waals surface area (Å²) >= 11 is 0. The van der Waals surface area contributed by atoms with Crippen molar-refractivity contribution in [3.8, 4) is 0 Å². The number of nitrogens with zero attached hydrogens (tertiary/aromatic N) is 2. The van der Waals surface area contributed by atoms with Gasteiger partial charge in [0.2, 0.25) is 5.89 Å². The maximum absolute atomic E-state index is 5.15. The summed E-state index contributed by atoms with van der Waals surface area (Å²) in [6.07, 6.45) is 3.95. The smallest absolute Gasteiger partial charge is 0.240 e. The molecule has 1 aromatic heterocycles. The summed E-state index contributed by atoms with van der Waals surface area (Å²) in [5.41, 5.74) is 0. The third-order valence-electron chi connectivity index (χ3n) is 4.11. The molecule has 1 saturated carbocycles. The Balaban J connectivity index is 1.92. The fourth-order valence-electron chi connectivity index (χ4n) is 3.07. The number of hydrogen-bond donors (Lipinski definition) is 1. The van der Waals surface area contributed by atoms with Gasteiger partial charge in [0.25, 0.3) is 0 Å². The van der Waals surface area contributed by atoms with Crippen LogP contribution in [-0.2, 0) is 6.54 Å². The van der Waals surface area contributed by atoms with E-state index in [1.54, 1.807) is 0 Å². The molecule has 18 heavy (non-hydrogen) atoms. The normalized spacial score (nSPS) is 28.8. The molecule has 4 nitrogen and oxygen atoms in total. The molecule has 2 rings (SSSR count). The lowest BCUT2D eigenvalue weighted by molar-refractivity contribution is 0.165. The first kappa shape index (κ1) is 13.5. The fourth-order valence-corrected chi connectivity index (χ4v) is 3.07. The van der Waals surface area contributed by atoms with Crippen LogP contribution in [0.1, 0.15) is 51.7 Å². The van der Waals surface area contributed by atoms with Crippen molar-refractivity contribution in [1.82, 2.24) is 15.5 Å². The molecule has 0 aromatic carbocycles. The summed E-state index contributed by atoms with van der Waals surface area (Å²) in [6.45, 7) is 9.55. The molecule has 0 bridgehead atoms. The molecule has 0 radical (unpaired) electrons. The molecule has 1 heterocycles. The van der Waals surface area contributed by atoms with Gasteiger partial charge in [-0.3, -0.25) is 0 Å². The predicted molar refractivity (Wildman–Crippen MR) is 71.0 cm³/mol. The standard InChI is InChI=1S/C14H25N3O/c1-9(2)12-6-5-10(3)7-13(12)15-8-14-16-11(4)17-18-14/h9-10,12-13,15H,5-8H2,1-4H3. The maximum Gasteiger partial charge on any atom is 0.240 e. The molecule has 3 unspecified atom stereocenters. The van der Waals surface area contributed by atoms with E-state index in [9.17, 15) is 0 Å². The van der Waals surface area contributed by atoms with Gasteiger partial charge in [-0.2, -0.15) is 4.98 Å². The van der Waals surface area contributed by atoms with Gasteiger partial charge in [-0.15, -0.1) is 0 Å². The molecule has 1 aliphatic rings. The Kier molecular flexibility index (Phi) is 4.38. The molecule has 1 aromatic rings. The van der Waals surface area contributed by atoms with Crippen LogP contribution in [-0.4, -0.2) is 16.2 Å². The van der Waals surface area contributed by atoms with Crippen LogP contribution in [0.4, 0.5) is 0 Å². The van der Waals surface area contributed by atoms with Gasteiger partial charge < -0.3 is 9.84 Å². The Morgan fingerprint density at radius 3 is 2.78 bits per heavy atom. The molecule has 0 spiro atoms. The van der Waals surface area contributed by atoms with Gasteiger partial charge in [-0.05, 0) is 37.5 Å². The Morgan fingerprint density at radius 1 is 1.39 bits per heavy atom. The van der Waals surface area contributed by atoms with Crippen molar-refractivity contribution in [1.29, 1.82) is 0 Å². The van der Waals surface area contributed by atoms with E-state index in [2.05, 4.69) is 36.2 Å². The van der Waals surface area contributed by atoms with E-state index in [0.717, 1.165) is 17.8 Å². The van der Waals surface area contributed by atoms with Crippen LogP contribution in [0.15, 0.2) is 4.52 Å². The van der Waals surface area contributed by atoms with Crippen LogP contribution >= 0.6 is 0 Å². The lowest BCUT2D eigenvalue weighted by Gasteiger charge is -2.37. The van der Waals surface area contributed by atoms with Crippen molar-refractivity contribution in [2.75, 3.05) is 0 Å². The summed E-state index contributed by atoms with van der Waals surface area (Å²) in [7, 11) is 0. The molecule has 1 aliphatic carbocycles. The van der Waals surface area contributed by atoms with E-state index in [0.29, 0.717) is 24.3 Å². The van der Waals surface area contributed by atoms with Gasteiger partial charge in [0.15, 0.2) is 5.82 Å². The molecule has 102 valence electrons. The van der Waals surface area contributed by atoms with Crippen molar-refractivity contribution in [2.45, 2.75) is 59.5 Å². The highest BCUT2D eigenvalue weighted by atomic mass is 16.5. The van der Waals surface area contributed by atoms with Crippen molar-refractivity contribution in [3.63, 3.8) is 0 Å². The van der Waals surface area contributed by atoms with Crippen molar-refractivity contribution >= 4 is 0 Å². The number of hydrogen-bond acceptors (Lipinski definition) is 4. The summed E-state index contributed by atoms with van der Waals surface area (Å²) < 4.78 is 5.15. The first-order chi connectivity index (χ1) is 8.56. The summed E-state index contributed by atoms with van der Waals surface area (Å²) in [5.74, 6) is 3.74. The van der Waals surface area contributed by atoms with E-state index in [-0.39, 0.29) is 0 Å². The largest absolute Gasteiger partial charge is 0.338 e. The van der Waals surface area contributed by atoms with E-state index >= 15 is 0 Å². The molecule has 3 atom stereocenters. The van der Waals surface area contributed by atoms with Crippen LogP contribution in [0.5, 0.6) is 0 Å². The highest BCUT2D eigenvalue weighted by Crippen LogP contribution is 2.33. The molecule has 0 saturated heterocycles. The van der Waals surface area contributed by atoms with Crippen molar-refractivity contribution < 1.29 is 4.52 Å². The topological polar surface area (TPSA) is 51.0 Å². The molecule has 0 aliphatic heterocycles. The third-order valence-corrected chi connectivity index (χ3v) is 4.11. The number of rotatable bonds is 4. The van der Waals surface area contributed by atoms with Gasteiger partial charge >= 0.3 is 0 Å². The first-order valence-electron chi connectivity index (χ1n) is 7.09. The van der Waals surface area contributed by atoms with E-state index in [1.165, 1.54) is 19.3 Å². The highest BCUT2D eigenvalue weighted by molar-refractivity contribution is 4.88. The molecule has 1 fully saturated rings. The second-order valence-electron chi connectivity index (χ2n) is 6.05. The van der Waals surface area contributed by atoms with Crippen LogP contribution < -0.4 is 5.32 Å². The van der Waals surface area contributed by atoms with Crippen molar-refractivity contribution in [3.05, 3.63) is 11.7 Å². The third kappa shape index (κ3) is 3.31. The minimum absolute atomic E-state index is 0.584. The average Bonchev–Trinajstić information content (AvgIpc) is 2.72. The second kappa shape index (κ2) is 5.83. The van der Waals surface area contributed by atoms with Gasteiger partial charge in [0, 0.05) is 6.04 Å². The second-order valence-corrected chi connectivity index (χ2v) is 6.05. The van der Waals surface area contributed by atoms with Crippen LogP contribution in [0.3, 0.4) is 0 Å². The van der Waals surface area contributed by atoms with Crippen LogP contribution in [0.25, 0.3) is 0 Å². The zero-order valence-corrected chi connectivity index (χ0v) is 11.9. The van der Waals surface area contributed by atoms with Gasteiger partial charge in [0.1, 0.15) is 0 Å². The predicted octanol–water partition coefficient (Wildman–Crippen LogP) is 2.93. The fraction of sp³-hybridized carbons (Fsp3) is 0.857. The van der Waals surface area contributed by atoms with E-state index in [4.69, 9.17) is 4.52 Å². The Bertz CT molecular complexity index is 375. The van der Waals surface area contributed by atoms with E-state index in [1.807, 2.05) is 6.92 Å². The lowest BCUT2D eigenvalue weighted by Crippen LogP contribution is -2.42. The number of aromatic nitrogens is 2. The molecule has 1 N–H and O–H groups in total. The Hall–Kier alpha value is -0.900. The van der Waals surface area contributed by atoms with Crippen molar-refractivity contribution in [2.24, 2.45) is 17.8 Å². The Morgan fingerprint density at radius 2 is 2.17 bits per heavy atom. The SMILES string of the molecule is Cc1noc(CNC2CC(C)CCC2C(C)C)n1. The zero-order valence-electron chi connectivity index (χ0n) is 11.9. The molecular formula is C14H25N3O. The lowest BCUT2D eigenvalue weighted by atomic mass is 9.74. The number of nitrogens with one attached hydrogen (secondary N) is 1. The quantitative estimate of drug-likeness (QED) is 0.894. The monoisotopic (exact) mass is 251 g/mol. The minimum atomic E-state index is 0.584. The number of aryl methyl sites for hydroxylation is 1. The average molecular weight is 251 g/mol. The molecular weight excluding hydrogens is 226 g/mol. The highest BCUT2D eigenvalue weighted by Gasteiger charge is 2.30. The molecule has 0 amide bonds. The Labute approximate surface area is 110 Å². The molecule has 4 heteroatoms. The van der Waals surface area contributed by atoms with Gasteiger partial charge in [0.05, 0.1) is 6.54 Å². The summed E-state index contributed by atoms with van der Waals surface area (Å²) in [4.78, 5) is 4.24. The zero-order chi connectivity index (χ0) is 13.1. The van der Waals surface area contributed by atoms with Gasteiger partial charge in [-0.1, -0.05) is 32.3 Å². The first-order valence-corrected chi connectivity index (χ1v) is 7.09. The maximum atomic E-state index is 5.15. The minimum Gasteiger partial charge on any atom is -0.338 e. The van der Waals surface area contributed by atoms with E-state index < -0.39 is 0 Å². The van der Waals surface area contributed by atoms with Crippen LogP contribution in [0, 0.1) is 24.7 Å². The summed E-state index contributed by atoms with van der Waals surface area (Å²) in [6, 6.07) is 0.584. The van der Waals surface area contributed by atoms with Crippen LogP contribution in [0.2, 0.25) is 0 Å². The van der Waals surface area contributed by atoms with Gasteiger partial charge in [-0.25, -0.2) is 0 Å².